The molecule has 2 rings (SSSR count). The number of hydrogen-bond acceptors (Lipinski definition) is 4. The molecular weight excluding hydrogens is 362 g/mol. The van der Waals surface area contributed by atoms with Crippen LogP contribution in [0.1, 0.15) is 64.2 Å². The van der Waals surface area contributed by atoms with Gasteiger partial charge >= 0.3 is 0 Å². The van der Waals surface area contributed by atoms with E-state index in [0.717, 1.165) is 50.6 Å². The second kappa shape index (κ2) is 11.9. The third-order valence-corrected chi connectivity index (χ3v) is 6.28. The van der Waals surface area contributed by atoms with Crippen molar-refractivity contribution in [1.82, 2.24) is 9.71 Å². The summed E-state index contributed by atoms with van der Waals surface area (Å²) >= 11 is 0. The van der Waals surface area contributed by atoms with Gasteiger partial charge in [-0.15, -0.1) is 0 Å². The molecule has 1 aliphatic carbocycles. The average molecular weight is 396 g/mol. The fourth-order valence-corrected chi connectivity index (χ4v) is 4.74. The number of nitrogens with one attached hydrogen (secondary N) is 2. The summed E-state index contributed by atoms with van der Waals surface area (Å²) in [7, 11) is -3.15. The maximum Gasteiger partial charge on any atom is 0.211 e. The van der Waals surface area contributed by atoms with Gasteiger partial charge in [0.25, 0.3) is 0 Å². The molecule has 8 heteroatoms. The molecule has 0 spiro atoms. The Hall–Kier alpha value is -1.67. The van der Waals surface area contributed by atoms with E-state index in [1.54, 1.807) is 12.4 Å². The zero-order valence-electron chi connectivity index (χ0n) is 16.1. The van der Waals surface area contributed by atoms with Gasteiger partial charge in [0.15, 0.2) is 5.96 Å². The standard InChI is InChI=1S/C19H33N5O2S/c20-19(23-17-11-14-21-15-12-17)22-13-7-3-4-8-16-27(25,26)24-18-9-5-1-2-6-10-18/h11-12,14-15,18,24H,1-10,13,16H2,(H3,20,21,22,23). The highest BCUT2D eigenvalue weighted by atomic mass is 32.2. The van der Waals surface area contributed by atoms with Gasteiger partial charge in [-0.1, -0.05) is 38.5 Å². The Morgan fingerprint density at radius 2 is 1.74 bits per heavy atom. The molecule has 0 aliphatic heterocycles. The monoisotopic (exact) mass is 395 g/mol. The molecule has 7 nitrogen and oxygen atoms in total. The van der Waals surface area contributed by atoms with E-state index in [2.05, 4.69) is 20.0 Å². The van der Waals surface area contributed by atoms with E-state index in [4.69, 9.17) is 5.73 Å². The summed E-state index contributed by atoms with van der Waals surface area (Å²) in [6.45, 7) is 0.636. The fraction of sp³-hybridized carbons (Fsp3) is 0.684. The van der Waals surface area contributed by atoms with E-state index < -0.39 is 10.0 Å². The summed E-state index contributed by atoms with van der Waals surface area (Å²) in [5, 5.41) is 3.01. The van der Waals surface area contributed by atoms with E-state index in [9.17, 15) is 8.42 Å². The largest absolute Gasteiger partial charge is 0.370 e. The summed E-state index contributed by atoms with van der Waals surface area (Å²) in [5.74, 6) is 0.606. The van der Waals surface area contributed by atoms with Crippen LogP contribution in [-0.4, -0.2) is 37.7 Å². The minimum Gasteiger partial charge on any atom is -0.370 e. The average Bonchev–Trinajstić information content (AvgIpc) is 2.90. The van der Waals surface area contributed by atoms with Crippen molar-refractivity contribution in [2.24, 2.45) is 10.7 Å². The fourth-order valence-electron chi connectivity index (χ4n) is 3.29. The lowest BCUT2D eigenvalue weighted by Gasteiger charge is -2.16. The van der Waals surface area contributed by atoms with Gasteiger partial charge in [-0.3, -0.25) is 9.98 Å². The number of pyridine rings is 1. The van der Waals surface area contributed by atoms with Gasteiger partial charge < -0.3 is 11.1 Å². The normalized spacial score (nSPS) is 16.8. The van der Waals surface area contributed by atoms with Crippen molar-refractivity contribution in [3.63, 3.8) is 0 Å². The Kier molecular flexibility index (Phi) is 9.55. The quantitative estimate of drug-likeness (QED) is 0.244. The smallest absolute Gasteiger partial charge is 0.211 e. The van der Waals surface area contributed by atoms with E-state index >= 15 is 0 Å². The molecule has 0 radical (unpaired) electrons. The molecule has 152 valence electrons. The number of anilines is 1. The Morgan fingerprint density at radius 3 is 2.44 bits per heavy atom. The predicted molar refractivity (Wildman–Crippen MR) is 111 cm³/mol. The number of aromatic nitrogens is 1. The number of hydrogen-bond donors (Lipinski definition) is 3. The number of sulfonamides is 1. The first-order valence-corrected chi connectivity index (χ1v) is 11.7. The lowest BCUT2D eigenvalue weighted by atomic mass is 10.1. The number of nitrogens with zero attached hydrogens (tertiary/aromatic N) is 2. The highest BCUT2D eigenvalue weighted by Gasteiger charge is 2.18. The van der Waals surface area contributed by atoms with E-state index in [0.29, 0.717) is 18.9 Å². The number of aliphatic imine (C=N–C) groups is 1. The molecule has 1 aromatic heterocycles. The third-order valence-electron chi connectivity index (χ3n) is 4.76. The molecule has 1 heterocycles. The summed E-state index contributed by atoms with van der Waals surface area (Å²) < 4.78 is 27.3. The van der Waals surface area contributed by atoms with Gasteiger partial charge in [0.05, 0.1) is 5.75 Å². The number of guanidine groups is 1. The van der Waals surface area contributed by atoms with Gasteiger partial charge in [-0.05, 0) is 37.8 Å². The van der Waals surface area contributed by atoms with Crippen molar-refractivity contribution >= 4 is 21.7 Å². The summed E-state index contributed by atoms with van der Waals surface area (Å²) in [6.07, 6.45) is 13.5. The maximum atomic E-state index is 12.2. The van der Waals surface area contributed by atoms with Gasteiger partial charge in [0.1, 0.15) is 0 Å². The molecule has 0 atom stereocenters. The first-order chi connectivity index (χ1) is 13.1. The van der Waals surface area contributed by atoms with E-state index in [-0.39, 0.29) is 11.8 Å². The second-order valence-electron chi connectivity index (χ2n) is 7.17. The van der Waals surface area contributed by atoms with Gasteiger partial charge in [0.2, 0.25) is 10.0 Å². The van der Waals surface area contributed by atoms with E-state index in [1.807, 2.05) is 12.1 Å². The minimum absolute atomic E-state index is 0.141. The van der Waals surface area contributed by atoms with Crippen molar-refractivity contribution < 1.29 is 8.42 Å². The number of unbranched alkanes of at least 4 members (excludes halogenated alkanes) is 3. The SMILES string of the molecule is NC(=NCCCCCCS(=O)(=O)NC1CCCCCC1)Nc1ccncc1. The van der Waals surface area contributed by atoms with Gasteiger partial charge in [-0.2, -0.15) is 0 Å². The summed E-state index contributed by atoms with van der Waals surface area (Å²) in [5.41, 5.74) is 6.69. The zero-order valence-corrected chi connectivity index (χ0v) is 16.9. The lowest BCUT2D eigenvalue weighted by molar-refractivity contribution is 0.507. The van der Waals surface area contributed by atoms with Crippen molar-refractivity contribution in [2.45, 2.75) is 70.3 Å². The molecule has 0 unspecified atom stereocenters. The lowest BCUT2D eigenvalue weighted by Crippen LogP contribution is -2.36. The van der Waals surface area contributed by atoms with Crippen LogP contribution in [0, 0.1) is 0 Å². The Balaban J connectivity index is 1.55. The van der Waals surface area contributed by atoms with Crippen LogP contribution < -0.4 is 15.8 Å². The zero-order chi connectivity index (χ0) is 19.4. The molecule has 0 amide bonds. The first-order valence-electron chi connectivity index (χ1n) is 10.0. The van der Waals surface area contributed by atoms with Crippen molar-refractivity contribution in [3.05, 3.63) is 24.5 Å². The van der Waals surface area contributed by atoms with Crippen LogP contribution in [0.5, 0.6) is 0 Å². The minimum atomic E-state index is -3.15. The Bertz CT molecular complexity index is 656. The second-order valence-corrected chi connectivity index (χ2v) is 9.04. The highest BCUT2D eigenvalue weighted by Crippen LogP contribution is 2.18. The molecule has 0 aromatic carbocycles. The van der Waals surface area contributed by atoms with Crippen LogP contribution in [0.25, 0.3) is 0 Å². The predicted octanol–water partition coefficient (Wildman–Crippen LogP) is 3.01. The van der Waals surface area contributed by atoms with Crippen LogP contribution in [-0.2, 0) is 10.0 Å². The van der Waals surface area contributed by atoms with Gasteiger partial charge in [0, 0.05) is 30.7 Å². The topological polar surface area (TPSA) is 109 Å². The molecule has 1 aromatic rings. The summed E-state index contributed by atoms with van der Waals surface area (Å²) in [4.78, 5) is 8.23. The molecule has 0 saturated heterocycles. The van der Waals surface area contributed by atoms with Crippen LogP contribution in [0.15, 0.2) is 29.5 Å². The molecule has 27 heavy (non-hydrogen) atoms. The van der Waals surface area contributed by atoms with Crippen LogP contribution >= 0.6 is 0 Å². The van der Waals surface area contributed by atoms with Gasteiger partial charge in [-0.25, -0.2) is 13.1 Å². The van der Waals surface area contributed by atoms with Crippen molar-refractivity contribution in [1.29, 1.82) is 0 Å². The first kappa shape index (κ1) is 21.6. The maximum absolute atomic E-state index is 12.2. The van der Waals surface area contributed by atoms with E-state index in [1.165, 1.54) is 12.8 Å². The van der Waals surface area contributed by atoms with Crippen molar-refractivity contribution in [2.75, 3.05) is 17.6 Å². The number of rotatable bonds is 10. The summed E-state index contributed by atoms with van der Waals surface area (Å²) in [6, 6.07) is 3.79. The Labute approximate surface area is 163 Å². The molecule has 1 saturated carbocycles. The molecule has 1 aliphatic rings. The van der Waals surface area contributed by atoms with Crippen molar-refractivity contribution in [3.8, 4) is 0 Å². The van der Waals surface area contributed by atoms with Crippen LogP contribution in [0.4, 0.5) is 5.69 Å². The number of nitrogens with two attached hydrogens (primary N) is 1. The molecular formula is C19H33N5O2S. The third kappa shape index (κ3) is 9.72. The highest BCUT2D eigenvalue weighted by molar-refractivity contribution is 7.89. The Morgan fingerprint density at radius 1 is 1.07 bits per heavy atom. The molecule has 0 bridgehead atoms. The van der Waals surface area contributed by atoms with Crippen LogP contribution in [0.3, 0.4) is 0 Å². The molecule has 4 N–H and O–H groups in total. The molecule has 1 fully saturated rings. The van der Waals surface area contributed by atoms with Crippen LogP contribution in [0.2, 0.25) is 0 Å².